The van der Waals surface area contributed by atoms with E-state index in [0.29, 0.717) is 25.1 Å². The lowest BCUT2D eigenvalue weighted by Gasteiger charge is -2.28. The van der Waals surface area contributed by atoms with Crippen molar-refractivity contribution in [2.75, 3.05) is 13.1 Å². The molecule has 2 saturated heterocycles. The fourth-order valence-corrected chi connectivity index (χ4v) is 5.73. The second-order valence-electron chi connectivity index (χ2n) is 12.5. The topological polar surface area (TPSA) is 137 Å². The highest BCUT2D eigenvalue weighted by atomic mass is 16.5. The molecule has 0 bridgehead atoms. The molecule has 2 aromatic carbocycles. The number of hydrogen-bond acceptors (Lipinski definition) is 6. The van der Waals surface area contributed by atoms with Gasteiger partial charge < -0.3 is 30.7 Å². The Bertz CT molecular complexity index is 1250. The first-order valence-corrected chi connectivity index (χ1v) is 15.2. The van der Waals surface area contributed by atoms with Gasteiger partial charge in [0.05, 0.1) is 6.04 Å². The molecular formula is C33H44N4O6. The number of nitrogens with zero attached hydrogens (tertiary/aromatic N) is 1. The number of benzene rings is 2. The van der Waals surface area contributed by atoms with E-state index in [1.165, 1.54) is 0 Å². The smallest absolute Gasteiger partial charge is 0.326 e. The average Bonchev–Trinajstić information content (AvgIpc) is 3.66. The zero-order valence-electron chi connectivity index (χ0n) is 25.3. The van der Waals surface area contributed by atoms with Crippen LogP contribution in [0.5, 0.6) is 5.75 Å². The highest BCUT2D eigenvalue weighted by Crippen LogP contribution is 2.22. The SMILES string of the molecule is CC(C)(C)Oc1ccc(CC(NC(=O)CC(Cc2ccccc2)NC(=O)C2CCCN2C(=O)C2CCCN2)C(=O)O)cc1. The van der Waals surface area contributed by atoms with Crippen LogP contribution in [0.2, 0.25) is 0 Å². The van der Waals surface area contributed by atoms with Gasteiger partial charge in [-0.2, -0.15) is 0 Å². The van der Waals surface area contributed by atoms with Gasteiger partial charge in [-0.1, -0.05) is 42.5 Å². The predicted octanol–water partition coefficient (Wildman–Crippen LogP) is 2.84. The van der Waals surface area contributed by atoms with Crippen LogP contribution < -0.4 is 20.7 Å². The summed E-state index contributed by atoms with van der Waals surface area (Å²) < 4.78 is 5.83. The maximum atomic E-state index is 13.5. The van der Waals surface area contributed by atoms with Gasteiger partial charge in [-0.15, -0.1) is 0 Å². The number of amides is 3. The molecule has 0 spiro atoms. The van der Waals surface area contributed by atoms with Gasteiger partial charge in [-0.25, -0.2) is 4.79 Å². The van der Waals surface area contributed by atoms with Crippen LogP contribution in [0, 0.1) is 0 Å². The second kappa shape index (κ2) is 14.5. The summed E-state index contributed by atoms with van der Waals surface area (Å²) in [6, 6.07) is 14.1. The molecule has 43 heavy (non-hydrogen) atoms. The van der Waals surface area contributed by atoms with Crippen LogP contribution in [0.1, 0.15) is 64.0 Å². The van der Waals surface area contributed by atoms with Crippen LogP contribution in [-0.2, 0) is 32.0 Å². The zero-order valence-corrected chi connectivity index (χ0v) is 25.3. The van der Waals surface area contributed by atoms with Crippen LogP contribution in [0.25, 0.3) is 0 Å². The quantitative estimate of drug-likeness (QED) is 0.298. The Morgan fingerprint density at radius 3 is 2.28 bits per heavy atom. The van der Waals surface area contributed by atoms with Gasteiger partial charge in [0.25, 0.3) is 0 Å². The molecule has 4 N–H and O–H groups in total. The standard InChI is InChI=1S/C33H44N4O6/c1-33(2,3)43-25-15-13-23(14-16-25)20-27(32(41)42)36-29(38)21-24(19-22-9-5-4-6-10-22)35-30(39)28-12-8-18-37(28)31(40)26-11-7-17-34-26/h4-6,9-10,13-16,24,26-28,34H,7-8,11-12,17-21H2,1-3H3,(H,35,39)(H,36,38)(H,41,42). The van der Waals surface area contributed by atoms with Crippen molar-refractivity contribution in [3.63, 3.8) is 0 Å². The number of ether oxygens (including phenoxy) is 1. The van der Waals surface area contributed by atoms with Crippen LogP contribution in [-0.4, -0.2) is 76.6 Å². The van der Waals surface area contributed by atoms with Crippen molar-refractivity contribution in [2.45, 2.75) is 95.5 Å². The molecule has 2 fully saturated rings. The second-order valence-corrected chi connectivity index (χ2v) is 12.5. The summed E-state index contributed by atoms with van der Waals surface area (Å²) in [5.74, 6) is -1.28. The van der Waals surface area contributed by atoms with E-state index in [2.05, 4.69) is 16.0 Å². The Morgan fingerprint density at radius 2 is 1.65 bits per heavy atom. The summed E-state index contributed by atoms with van der Waals surface area (Å²) in [7, 11) is 0. The average molecular weight is 593 g/mol. The molecule has 2 aliphatic heterocycles. The number of carboxylic acids is 1. The minimum absolute atomic E-state index is 0.0465. The molecule has 232 valence electrons. The number of aliphatic carboxylic acids is 1. The number of rotatable bonds is 12. The molecule has 0 radical (unpaired) electrons. The van der Waals surface area contributed by atoms with Crippen molar-refractivity contribution in [3.8, 4) is 5.75 Å². The molecule has 3 amide bonds. The third-order valence-corrected chi connectivity index (χ3v) is 7.72. The Balaban J connectivity index is 1.40. The summed E-state index contributed by atoms with van der Waals surface area (Å²) >= 11 is 0. The first-order valence-electron chi connectivity index (χ1n) is 15.2. The van der Waals surface area contributed by atoms with E-state index in [0.717, 1.165) is 36.9 Å². The summed E-state index contributed by atoms with van der Waals surface area (Å²) in [6.45, 7) is 7.16. The molecule has 10 heteroatoms. The van der Waals surface area contributed by atoms with Crippen molar-refractivity contribution in [1.29, 1.82) is 0 Å². The lowest BCUT2D eigenvalue weighted by Crippen LogP contribution is -2.53. The van der Waals surface area contributed by atoms with Gasteiger partial charge in [0.15, 0.2) is 0 Å². The number of nitrogens with one attached hydrogen (secondary N) is 3. The van der Waals surface area contributed by atoms with Crippen LogP contribution in [0.15, 0.2) is 54.6 Å². The fourth-order valence-electron chi connectivity index (χ4n) is 5.73. The number of likely N-dealkylation sites (tertiary alicyclic amines) is 1. The number of hydrogen-bond donors (Lipinski definition) is 4. The molecule has 0 aliphatic carbocycles. The molecule has 2 heterocycles. The van der Waals surface area contributed by atoms with Crippen molar-refractivity contribution in [1.82, 2.24) is 20.9 Å². The van der Waals surface area contributed by atoms with Crippen LogP contribution >= 0.6 is 0 Å². The van der Waals surface area contributed by atoms with Gasteiger partial charge in [0.2, 0.25) is 17.7 Å². The number of carbonyl (C=O) groups is 4. The maximum absolute atomic E-state index is 13.5. The highest BCUT2D eigenvalue weighted by Gasteiger charge is 2.38. The molecule has 2 aromatic rings. The van der Waals surface area contributed by atoms with Crippen molar-refractivity contribution >= 4 is 23.7 Å². The molecule has 2 aliphatic rings. The molecule has 0 aromatic heterocycles. The first-order chi connectivity index (χ1) is 20.5. The monoisotopic (exact) mass is 592 g/mol. The molecule has 4 unspecified atom stereocenters. The van der Waals surface area contributed by atoms with E-state index in [1.54, 1.807) is 29.2 Å². The van der Waals surface area contributed by atoms with Crippen LogP contribution in [0.4, 0.5) is 0 Å². The van der Waals surface area contributed by atoms with Crippen molar-refractivity contribution in [2.24, 2.45) is 0 Å². The minimum Gasteiger partial charge on any atom is -0.488 e. The van der Waals surface area contributed by atoms with E-state index < -0.39 is 30.0 Å². The predicted molar refractivity (Wildman–Crippen MR) is 163 cm³/mol. The number of carbonyl (C=O) groups excluding carboxylic acids is 3. The lowest BCUT2D eigenvalue weighted by atomic mass is 10.0. The van der Waals surface area contributed by atoms with Gasteiger partial charge in [-0.3, -0.25) is 14.4 Å². The maximum Gasteiger partial charge on any atom is 0.326 e. The van der Waals surface area contributed by atoms with Gasteiger partial charge in [0.1, 0.15) is 23.4 Å². The third kappa shape index (κ3) is 9.54. The van der Waals surface area contributed by atoms with E-state index >= 15 is 0 Å². The van der Waals surface area contributed by atoms with Gasteiger partial charge in [-0.05, 0) is 82.7 Å². The summed E-state index contributed by atoms with van der Waals surface area (Å²) in [6.07, 6.45) is 3.38. The van der Waals surface area contributed by atoms with Crippen molar-refractivity contribution < 1.29 is 29.0 Å². The summed E-state index contributed by atoms with van der Waals surface area (Å²) in [4.78, 5) is 53.5. The molecular weight excluding hydrogens is 548 g/mol. The largest absolute Gasteiger partial charge is 0.488 e. The van der Waals surface area contributed by atoms with Crippen molar-refractivity contribution in [3.05, 3.63) is 65.7 Å². The molecule has 10 nitrogen and oxygen atoms in total. The van der Waals surface area contributed by atoms with Crippen LogP contribution in [0.3, 0.4) is 0 Å². The van der Waals surface area contributed by atoms with Gasteiger partial charge >= 0.3 is 5.97 Å². The Kier molecular flexibility index (Phi) is 10.8. The normalized spacial score (nSPS) is 19.8. The Hall–Kier alpha value is -3.92. The Labute approximate surface area is 253 Å². The summed E-state index contributed by atoms with van der Waals surface area (Å²) in [5.41, 5.74) is 1.32. The fraction of sp³-hybridized carbons (Fsp3) is 0.515. The van der Waals surface area contributed by atoms with Gasteiger partial charge in [0, 0.05) is 25.4 Å². The minimum atomic E-state index is -1.15. The van der Waals surface area contributed by atoms with E-state index in [4.69, 9.17) is 4.74 Å². The number of carboxylic acid groups (broad SMARTS) is 1. The van der Waals surface area contributed by atoms with E-state index in [1.807, 2.05) is 51.1 Å². The first kappa shape index (κ1) is 32.0. The molecule has 0 saturated carbocycles. The summed E-state index contributed by atoms with van der Waals surface area (Å²) in [5, 5.41) is 18.7. The highest BCUT2D eigenvalue weighted by molar-refractivity contribution is 5.91. The van der Waals surface area contributed by atoms with E-state index in [9.17, 15) is 24.3 Å². The zero-order chi connectivity index (χ0) is 31.0. The molecule has 4 atom stereocenters. The lowest BCUT2D eigenvalue weighted by molar-refractivity contribution is -0.142. The van der Waals surface area contributed by atoms with E-state index in [-0.39, 0.29) is 36.3 Å². The third-order valence-electron chi connectivity index (χ3n) is 7.72. The Morgan fingerprint density at radius 1 is 0.953 bits per heavy atom. The molecule has 4 rings (SSSR count).